The van der Waals surface area contributed by atoms with E-state index in [-0.39, 0.29) is 84.4 Å². The van der Waals surface area contributed by atoms with Crippen molar-refractivity contribution in [1.82, 2.24) is 35.8 Å². The molecule has 19 nitrogen and oxygen atoms in total. The van der Waals surface area contributed by atoms with Crippen LogP contribution >= 0.6 is 31.9 Å². The van der Waals surface area contributed by atoms with Gasteiger partial charge in [0.2, 0.25) is 17.5 Å². The van der Waals surface area contributed by atoms with Crippen molar-refractivity contribution in [3.63, 3.8) is 0 Å². The van der Waals surface area contributed by atoms with Gasteiger partial charge in [-0.15, -0.1) is 0 Å². The number of nitrogens with zero attached hydrogens (tertiary/aromatic N) is 7. The lowest BCUT2D eigenvalue weighted by molar-refractivity contribution is 0.234. The normalized spacial score (nSPS) is 19.2. The van der Waals surface area contributed by atoms with Gasteiger partial charge in [0.05, 0.1) is 43.3 Å². The molecule has 276 valence electrons. The summed E-state index contributed by atoms with van der Waals surface area (Å²) in [6, 6.07) is 7.24. The lowest BCUT2D eigenvalue weighted by Crippen LogP contribution is -2.25. The molecule has 0 saturated carbocycles. The quantitative estimate of drug-likeness (QED) is 0.0991. The van der Waals surface area contributed by atoms with Crippen LogP contribution in [0.1, 0.15) is 18.5 Å². The van der Waals surface area contributed by atoms with Gasteiger partial charge in [-0.2, -0.15) is 0 Å². The summed E-state index contributed by atoms with van der Waals surface area (Å²) >= 11 is 6.10. The predicted molar refractivity (Wildman–Crippen MR) is 184 cm³/mol. The third kappa shape index (κ3) is 8.54. The monoisotopic (exact) mass is 892 g/mol. The Bertz CT molecular complexity index is 2420. The van der Waals surface area contributed by atoms with Crippen LogP contribution in [0, 0.1) is 11.6 Å². The van der Waals surface area contributed by atoms with E-state index in [0.717, 1.165) is 4.57 Å². The first kappa shape index (κ1) is 37.2. The second-order valence-electron chi connectivity index (χ2n) is 11.3. The Hall–Kier alpha value is -4.59. The molecule has 5 aromatic rings. The number of rotatable bonds is 8. The molecule has 25 heteroatoms. The second-order valence-corrected chi connectivity index (χ2v) is 17.5. The number of halogens is 4. The topological polar surface area (TPSA) is 263 Å². The highest BCUT2D eigenvalue weighted by molar-refractivity contribution is 9.10. The zero-order valence-electron chi connectivity index (χ0n) is 26.0. The van der Waals surface area contributed by atoms with Crippen molar-refractivity contribution in [3.8, 4) is 17.2 Å². The number of benzene rings is 2. The van der Waals surface area contributed by atoms with E-state index in [1.54, 1.807) is 0 Å². The molecular weight excluding hydrogens is 870 g/mol. The van der Waals surface area contributed by atoms with Gasteiger partial charge < -0.3 is 10.6 Å². The third-order valence-corrected chi connectivity index (χ3v) is 12.3. The van der Waals surface area contributed by atoms with Crippen LogP contribution in [0.2, 0.25) is 0 Å². The lowest BCUT2D eigenvalue weighted by atomic mass is 10.2. The number of hydroxylamine groups is 1. The number of amidine groups is 1. The SMILES string of the molecule is O=S1(=O)CCC(Nc2nonc2C(=Nc2ccc(F)c(Br)c2)NO)C1.O=c1onc(-c2nonc2NC2CCS(=O)(=O)C2)n1-c1ccc(F)c(Br)c1. The highest BCUT2D eigenvalue weighted by Gasteiger charge is 2.32. The maximum absolute atomic E-state index is 13.5. The Kier molecular flexibility index (Phi) is 10.8. The van der Waals surface area contributed by atoms with E-state index in [9.17, 15) is 35.6 Å². The molecule has 2 unspecified atom stereocenters. The van der Waals surface area contributed by atoms with E-state index in [2.05, 4.69) is 77.9 Å². The molecule has 0 aliphatic carbocycles. The van der Waals surface area contributed by atoms with E-state index in [4.69, 9.17) is 9.15 Å². The van der Waals surface area contributed by atoms with Crippen molar-refractivity contribution in [2.45, 2.75) is 24.9 Å². The minimum absolute atomic E-state index is 0.0246. The minimum atomic E-state index is -3.10. The first-order valence-electron chi connectivity index (χ1n) is 14.8. The van der Waals surface area contributed by atoms with Gasteiger partial charge in [-0.25, -0.2) is 49.2 Å². The number of hydrogen-bond donors (Lipinski definition) is 4. The van der Waals surface area contributed by atoms with E-state index >= 15 is 0 Å². The number of hydrogen-bond acceptors (Lipinski definition) is 17. The third-order valence-electron chi connectivity index (χ3n) is 7.58. The van der Waals surface area contributed by atoms with Crippen molar-refractivity contribution < 1.29 is 44.6 Å². The average Bonchev–Trinajstić information content (AvgIpc) is 3.93. The predicted octanol–water partition coefficient (Wildman–Crippen LogP) is 3.00. The van der Waals surface area contributed by atoms with Gasteiger partial charge in [0.15, 0.2) is 36.9 Å². The van der Waals surface area contributed by atoms with E-state index < -0.39 is 37.1 Å². The van der Waals surface area contributed by atoms with Gasteiger partial charge in [0.1, 0.15) is 11.6 Å². The van der Waals surface area contributed by atoms with Crippen molar-refractivity contribution in [3.05, 3.63) is 73.2 Å². The molecule has 0 amide bonds. The first-order valence-corrected chi connectivity index (χ1v) is 20.0. The Labute approximate surface area is 307 Å². The summed E-state index contributed by atoms with van der Waals surface area (Å²) in [6.45, 7) is 0. The number of aromatic nitrogens is 6. The van der Waals surface area contributed by atoms with Crippen LogP contribution < -0.4 is 21.9 Å². The fourth-order valence-corrected chi connectivity index (χ4v) is 9.22. The Morgan fingerprint density at radius 1 is 0.846 bits per heavy atom. The number of anilines is 2. The van der Waals surface area contributed by atoms with Gasteiger partial charge in [-0.3, -0.25) is 15.2 Å². The maximum atomic E-state index is 13.5. The van der Waals surface area contributed by atoms with Gasteiger partial charge in [0.25, 0.3) is 0 Å². The van der Waals surface area contributed by atoms with Crippen molar-refractivity contribution in [1.29, 1.82) is 0 Å². The highest BCUT2D eigenvalue weighted by Crippen LogP contribution is 2.28. The number of sulfone groups is 2. The fraction of sp³-hybridized carbons (Fsp3) is 0.296. The summed E-state index contributed by atoms with van der Waals surface area (Å²) in [7, 11) is -6.18. The Morgan fingerprint density at radius 2 is 1.44 bits per heavy atom. The molecule has 52 heavy (non-hydrogen) atoms. The van der Waals surface area contributed by atoms with Crippen LogP contribution in [-0.2, 0) is 19.7 Å². The summed E-state index contributed by atoms with van der Waals surface area (Å²) in [5, 5.41) is 33.7. The molecule has 4 N–H and O–H groups in total. The number of aliphatic imine (C=N–C) groups is 1. The molecule has 2 saturated heterocycles. The average molecular weight is 894 g/mol. The Balaban J connectivity index is 0.000000179. The van der Waals surface area contributed by atoms with E-state index in [1.165, 1.54) is 36.4 Å². The molecule has 2 fully saturated rings. The second kappa shape index (κ2) is 15.2. The van der Waals surface area contributed by atoms with Crippen LogP contribution in [-0.4, -0.2) is 93.3 Å². The summed E-state index contributed by atoms with van der Waals surface area (Å²) in [4.78, 5) is 16.2. The molecule has 2 aromatic carbocycles. The van der Waals surface area contributed by atoms with Gasteiger partial charge >= 0.3 is 5.76 Å². The Morgan fingerprint density at radius 3 is 2.04 bits per heavy atom. The van der Waals surface area contributed by atoms with Gasteiger partial charge in [0, 0.05) is 12.1 Å². The zero-order chi connectivity index (χ0) is 37.2. The largest absolute Gasteiger partial charge is 0.446 e. The van der Waals surface area contributed by atoms with Crippen LogP contribution in [0.15, 0.2) is 68.9 Å². The molecule has 7 rings (SSSR count). The smallest absolute Gasteiger partial charge is 0.361 e. The molecule has 0 spiro atoms. The van der Waals surface area contributed by atoms with E-state index in [0.29, 0.717) is 18.5 Å². The van der Waals surface area contributed by atoms with Crippen LogP contribution in [0.25, 0.3) is 17.2 Å². The highest BCUT2D eigenvalue weighted by atomic mass is 79.9. The molecule has 5 heterocycles. The summed E-state index contributed by atoms with van der Waals surface area (Å²) < 4.78 is 88.6. The van der Waals surface area contributed by atoms with Crippen LogP contribution in [0.4, 0.5) is 26.1 Å². The number of nitrogens with one attached hydrogen (secondary N) is 3. The molecule has 0 radical (unpaired) electrons. The fourth-order valence-electron chi connectivity index (χ4n) is 5.14. The maximum Gasteiger partial charge on any atom is 0.446 e. The zero-order valence-corrected chi connectivity index (χ0v) is 30.8. The molecule has 3 aromatic heterocycles. The molecular formula is C27H24Br2F2N10O9S2. The summed E-state index contributed by atoms with van der Waals surface area (Å²) in [5.41, 5.74) is 2.63. The van der Waals surface area contributed by atoms with Crippen molar-refractivity contribution in [2.75, 3.05) is 33.6 Å². The van der Waals surface area contributed by atoms with Crippen molar-refractivity contribution in [2.24, 2.45) is 4.99 Å². The van der Waals surface area contributed by atoms with Gasteiger partial charge in [-0.1, -0.05) is 5.16 Å². The first-order chi connectivity index (χ1) is 24.7. The molecule has 2 aliphatic heterocycles. The summed E-state index contributed by atoms with van der Waals surface area (Å²) in [5.74, 6) is -1.53. The van der Waals surface area contributed by atoms with E-state index in [1.807, 2.05) is 5.48 Å². The van der Waals surface area contributed by atoms with Crippen LogP contribution in [0.5, 0.6) is 0 Å². The van der Waals surface area contributed by atoms with Gasteiger partial charge in [-0.05, 0) is 102 Å². The van der Waals surface area contributed by atoms with Crippen LogP contribution in [0.3, 0.4) is 0 Å². The van der Waals surface area contributed by atoms with Crippen molar-refractivity contribution >= 4 is 74.7 Å². The standard InChI is InChI=1S/C14H11BrFN5O5S.C13H13BrFN5O4S/c15-9-5-8(1-2-10(9)16)21-13(20-25-14(21)22)11-12(19-26-18-11)17-7-3-4-27(23,24)6-7;14-9-5-7(1-2-10(9)15)16-12(18-21)11-13(20-24-19-11)17-8-3-4-25(22,23)6-8/h1-2,5,7H,3-4,6H2,(H,17,19);1-2,5,8,21H,3-4,6H2,(H,16,18)(H,17,20). The lowest BCUT2D eigenvalue weighted by Gasteiger charge is -2.10. The molecule has 0 bridgehead atoms. The molecule has 2 aliphatic rings. The summed E-state index contributed by atoms with van der Waals surface area (Å²) in [6.07, 6.45) is 0.837. The minimum Gasteiger partial charge on any atom is -0.361 e. The molecule has 2 atom stereocenters.